The van der Waals surface area contributed by atoms with Gasteiger partial charge in [-0.15, -0.1) is 0 Å². The lowest BCUT2D eigenvalue weighted by molar-refractivity contribution is 0.0947. The molecule has 0 saturated carbocycles. The number of carbonyl (C=O) groups excluding carboxylic acids is 2. The Morgan fingerprint density at radius 1 is 0.964 bits per heavy atom. The average Bonchev–Trinajstić information content (AvgIpc) is 2.72. The van der Waals surface area contributed by atoms with Gasteiger partial charge in [0.25, 0.3) is 11.8 Å². The van der Waals surface area contributed by atoms with Crippen molar-refractivity contribution in [3.05, 3.63) is 59.7 Å². The summed E-state index contributed by atoms with van der Waals surface area (Å²) in [4.78, 5) is 24.9. The highest BCUT2D eigenvalue weighted by molar-refractivity contribution is 6.06. The first-order valence-corrected chi connectivity index (χ1v) is 9.56. The van der Waals surface area contributed by atoms with Gasteiger partial charge in [0, 0.05) is 31.5 Å². The van der Waals surface area contributed by atoms with Crippen LogP contribution in [0.3, 0.4) is 0 Å². The third-order valence-electron chi connectivity index (χ3n) is 4.08. The zero-order valence-corrected chi connectivity index (χ0v) is 16.5. The summed E-state index contributed by atoms with van der Waals surface area (Å²) in [5.41, 5.74) is 1.51. The fourth-order valence-corrected chi connectivity index (χ4v) is 2.56. The van der Waals surface area contributed by atoms with E-state index in [9.17, 15) is 9.59 Å². The first-order chi connectivity index (χ1) is 13.7. The van der Waals surface area contributed by atoms with Gasteiger partial charge in [-0.05, 0) is 43.2 Å². The molecule has 0 radical (unpaired) electrons. The van der Waals surface area contributed by atoms with E-state index in [1.807, 2.05) is 6.07 Å². The molecule has 0 fully saturated rings. The highest BCUT2D eigenvalue weighted by Crippen LogP contribution is 2.20. The Morgan fingerprint density at radius 2 is 1.79 bits per heavy atom. The molecule has 2 rings (SSSR count). The third-order valence-corrected chi connectivity index (χ3v) is 4.08. The minimum absolute atomic E-state index is 0.185. The summed E-state index contributed by atoms with van der Waals surface area (Å²) in [7, 11) is 1.63. The lowest BCUT2D eigenvalue weighted by Gasteiger charge is -2.12. The van der Waals surface area contributed by atoms with Crippen molar-refractivity contribution in [2.75, 3.05) is 32.2 Å². The predicted molar refractivity (Wildman–Crippen MR) is 110 cm³/mol. The van der Waals surface area contributed by atoms with Gasteiger partial charge in [0.15, 0.2) is 0 Å². The first-order valence-electron chi connectivity index (χ1n) is 9.56. The van der Waals surface area contributed by atoms with Gasteiger partial charge in [-0.1, -0.05) is 31.5 Å². The number of amides is 2. The van der Waals surface area contributed by atoms with Crippen LogP contribution in [0.25, 0.3) is 0 Å². The maximum absolute atomic E-state index is 12.7. The summed E-state index contributed by atoms with van der Waals surface area (Å²) in [6.45, 7) is 3.78. The molecule has 0 aliphatic heterocycles. The number of anilines is 1. The average molecular weight is 384 g/mol. The van der Waals surface area contributed by atoms with Crippen LogP contribution in [0, 0.1) is 0 Å². The van der Waals surface area contributed by atoms with Crippen LogP contribution in [-0.2, 0) is 4.74 Å². The molecular weight excluding hydrogens is 356 g/mol. The van der Waals surface area contributed by atoms with Crippen molar-refractivity contribution in [1.82, 2.24) is 5.32 Å². The predicted octanol–water partition coefficient (Wildman–Crippen LogP) is 3.88. The van der Waals surface area contributed by atoms with E-state index >= 15 is 0 Å². The Balaban J connectivity index is 2.02. The van der Waals surface area contributed by atoms with E-state index in [0.29, 0.717) is 42.3 Å². The molecule has 0 saturated heterocycles. The molecule has 6 nitrogen and oxygen atoms in total. The number of para-hydroxylation sites is 1. The van der Waals surface area contributed by atoms with Crippen molar-refractivity contribution in [2.24, 2.45) is 0 Å². The molecule has 150 valence electrons. The van der Waals surface area contributed by atoms with Crippen molar-refractivity contribution in [1.29, 1.82) is 0 Å². The van der Waals surface area contributed by atoms with Crippen molar-refractivity contribution in [3.8, 4) is 5.75 Å². The molecule has 0 aliphatic carbocycles. The number of hydrogen-bond acceptors (Lipinski definition) is 4. The van der Waals surface area contributed by atoms with Crippen LogP contribution in [0.4, 0.5) is 5.69 Å². The summed E-state index contributed by atoms with van der Waals surface area (Å²) in [6.07, 6.45) is 2.69. The minimum Gasteiger partial charge on any atom is -0.493 e. The molecule has 2 aromatic carbocycles. The van der Waals surface area contributed by atoms with Gasteiger partial charge in [-0.2, -0.15) is 0 Å². The Bertz CT molecular complexity index is 777. The highest BCUT2D eigenvalue weighted by atomic mass is 16.5. The number of nitrogens with one attached hydrogen (secondary N) is 2. The van der Waals surface area contributed by atoms with Gasteiger partial charge in [0.1, 0.15) is 5.75 Å². The van der Waals surface area contributed by atoms with E-state index in [2.05, 4.69) is 17.6 Å². The van der Waals surface area contributed by atoms with Crippen molar-refractivity contribution >= 4 is 17.5 Å². The summed E-state index contributed by atoms with van der Waals surface area (Å²) >= 11 is 0. The summed E-state index contributed by atoms with van der Waals surface area (Å²) in [5, 5.41) is 5.67. The fourth-order valence-electron chi connectivity index (χ4n) is 2.56. The van der Waals surface area contributed by atoms with Gasteiger partial charge < -0.3 is 20.1 Å². The van der Waals surface area contributed by atoms with Gasteiger partial charge in [-0.25, -0.2) is 0 Å². The Morgan fingerprint density at radius 3 is 2.57 bits per heavy atom. The van der Waals surface area contributed by atoms with Crippen LogP contribution in [0.2, 0.25) is 0 Å². The Kier molecular flexibility index (Phi) is 9.01. The molecule has 0 atom stereocenters. The topological polar surface area (TPSA) is 76.7 Å². The molecule has 28 heavy (non-hydrogen) atoms. The zero-order chi connectivity index (χ0) is 20.2. The Labute approximate surface area is 166 Å². The smallest absolute Gasteiger partial charge is 0.259 e. The molecule has 2 aromatic rings. The molecule has 2 N–H and O–H groups in total. The number of ether oxygens (including phenoxy) is 2. The normalized spacial score (nSPS) is 10.4. The van der Waals surface area contributed by atoms with Crippen LogP contribution < -0.4 is 15.4 Å². The molecule has 6 heteroatoms. The molecule has 0 aliphatic rings. The maximum atomic E-state index is 12.7. The first kappa shape index (κ1) is 21.4. The summed E-state index contributed by atoms with van der Waals surface area (Å²) < 4.78 is 10.7. The van der Waals surface area contributed by atoms with E-state index in [4.69, 9.17) is 9.47 Å². The molecule has 2 amide bonds. The number of unbranched alkanes of at least 4 members (excludes halogenated alkanes) is 1. The highest BCUT2D eigenvalue weighted by Gasteiger charge is 2.13. The molecule has 0 heterocycles. The van der Waals surface area contributed by atoms with E-state index in [1.165, 1.54) is 0 Å². The third kappa shape index (κ3) is 6.70. The molecule has 0 spiro atoms. The fraction of sp³-hybridized carbons (Fsp3) is 0.364. The van der Waals surface area contributed by atoms with Gasteiger partial charge in [-0.3, -0.25) is 9.59 Å². The Hall–Kier alpha value is -2.86. The summed E-state index contributed by atoms with van der Waals surface area (Å²) in [6, 6.07) is 14.0. The van der Waals surface area contributed by atoms with Crippen LogP contribution in [0.15, 0.2) is 48.5 Å². The molecule has 0 unspecified atom stereocenters. The number of methoxy groups -OCH3 is 1. The van der Waals surface area contributed by atoms with E-state index in [-0.39, 0.29) is 11.8 Å². The van der Waals surface area contributed by atoms with Gasteiger partial charge in [0.05, 0.1) is 12.2 Å². The number of rotatable bonds is 11. The molecule has 0 aromatic heterocycles. The zero-order valence-electron chi connectivity index (χ0n) is 16.5. The second-order valence-electron chi connectivity index (χ2n) is 6.34. The van der Waals surface area contributed by atoms with Crippen LogP contribution in [0.1, 0.15) is 46.9 Å². The van der Waals surface area contributed by atoms with E-state index in [0.717, 1.165) is 19.3 Å². The molecule has 0 bridgehead atoms. The second-order valence-corrected chi connectivity index (χ2v) is 6.34. The SMILES string of the molecule is CCCCOc1ccccc1C(=O)Nc1cccc(C(=O)NCCCOC)c1. The van der Waals surface area contributed by atoms with Crippen LogP contribution in [0.5, 0.6) is 5.75 Å². The summed E-state index contributed by atoms with van der Waals surface area (Å²) in [5.74, 6) is 0.0979. The minimum atomic E-state index is -0.273. The van der Waals surface area contributed by atoms with Gasteiger partial charge in [0.2, 0.25) is 0 Å². The maximum Gasteiger partial charge on any atom is 0.259 e. The van der Waals surface area contributed by atoms with Crippen molar-refractivity contribution < 1.29 is 19.1 Å². The number of benzene rings is 2. The standard InChI is InChI=1S/C22H28N2O4/c1-3-4-15-28-20-12-6-5-11-19(20)22(26)24-18-10-7-9-17(16-18)21(25)23-13-8-14-27-2/h5-7,9-12,16H,3-4,8,13-15H2,1-2H3,(H,23,25)(H,24,26). The quantitative estimate of drug-likeness (QED) is 0.577. The van der Waals surface area contributed by atoms with E-state index < -0.39 is 0 Å². The molecular formula is C22H28N2O4. The van der Waals surface area contributed by atoms with Crippen LogP contribution >= 0.6 is 0 Å². The lowest BCUT2D eigenvalue weighted by Crippen LogP contribution is -2.25. The monoisotopic (exact) mass is 384 g/mol. The number of hydrogen-bond donors (Lipinski definition) is 2. The van der Waals surface area contributed by atoms with E-state index in [1.54, 1.807) is 49.6 Å². The van der Waals surface area contributed by atoms with Crippen molar-refractivity contribution in [3.63, 3.8) is 0 Å². The largest absolute Gasteiger partial charge is 0.493 e. The van der Waals surface area contributed by atoms with Crippen molar-refractivity contribution in [2.45, 2.75) is 26.2 Å². The van der Waals surface area contributed by atoms with Gasteiger partial charge >= 0.3 is 0 Å². The lowest BCUT2D eigenvalue weighted by atomic mass is 10.1. The second kappa shape index (κ2) is 11.8. The number of carbonyl (C=O) groups is 2. The van der Waals surface area contributed by atoms with Crippen LogP contribution in [-0.4, -0.2) is 38.7 Å².